The quantitative estimate of drug-likeness (QED) is 0.658. The smallest absolute Gasteiger partial charge is 0.330 e. The number of nitrogens with one attached hydrogen (secondary N) is 1. The monoisotopic (exact) mass is 241 g/mol. The number of benzene rings is 1. The molecule has 1 aromatic carbocycles. The van der Waals surface area contributed by atoms with E-state index < -0.39 is 5.97 Å². The molecule has 1 aromatic heterocycles. The summed E-state index contributed by atoms with van der Waals surface area (Å²) in [4.78, 5) is 11.2. The normalized spacial score (nSPS) is 10.7. The predicted molar refractivity (Wildman–Crippen MR) is 66.5 cm³/mol. The van der Waals surface area contributed by atoms with Gasteiger partial charge in [0.1, 0.15) is 0 Å². The summed E-state index contributed by atoms with van der Waals surface area (Å²) in [6.45, 7) is 2.09. The van der Waals surface area contributed by atoms with E-state index in [1.807, 2.05) is 0 Å². The van der Waals surface area contributed by atoms with Crippen molar-refractivity contribution in [3.05, 3.63) is 35.5 Å². The number of ether oxygens (including phenoxy) is 1. The van der Waals surface area contributed by atoms with Gasteiger partial charge in [-0.15, -0.1) is 0 Å². The Bertz CT molecular complexity index is 650. The Morgan fingerprint density at radius 3 is 3.17 bits per heavy atom. The zero-order chi connectivity index (χ0) is 13.0. The number of nitrogens with zero attached hydrogens (tertiary/aromatic N) is 2. The lowest BCUT2D eigenvalue weighted by Crippen LogP contribution is -1.98. The van der Waals surface area contributed by atoms with Gasteiger partial charge < -0.3 is 4.74 Å². The maximum Gasteiger partial charge on any atom is 0.330 e. The first-order valence-corrected chi connectivity index (χ1v) is 5.47. The number of rotatable bonds is 3. The zero-order valence-corrected chi connectivity index (χ0v) is 9.80. The van der Waals surface area contributed by atoms with Crippen LogP contribution < -0.4 is 0 Å². The minimum Gasteiger partial charge on any atom is -0.463 e. The van der Waals surface area contributed by atoms with Gasteiger partial charge in [0.15, 0.2) is 0 Å². The number of hydrogen-bond acceptors (Lipinski definition) is 4. The van der Waals surface area contributed by atoms with Gasteiger partial charge in [0, 0.05) is 11.5 Å². The van der Waals surface area contributed by atoms with E-state index in [2.05, 4.69) is 16.3 Å². The third kappa shape index (κ3) is 2.38. The Morgan fingerprint density at radius 2 is 2.44 bits per heavy atom. The summed E-state index contributed by atoms with van der Waals surface area (Å²) in [5.41, 5.74) is 1.96. The highest BCUT2D eigenvalue weighted by molar-refractivity contribution is 5.92. The first kappa shape index (κ1) is 11.9. The maximum atomic E-state index is 11.2. The number of fused-ring (bicyclic) bond motifs is 1. The highest BCUT2D eigenvalue weighted by Crippen LogP contribution is 2.18. The van der Waals surface area contributed by atoms with Crippen LogP contribution >= 0.6 is 0 Å². The minimum absolute atomic E-state index is 0.343. The number of H-pyrrole nitrogens is 1. The number of esters is 1. The van der Waals surface area contributed by atoms with Gasteiger partial charge in [-0.1, -0.05) is 0 Å². The summed E-state index contributed by atoms with van der Waals surface area (Å²) < 4.78 is 4.78. The van der Waals surface area contributed by atoms with Crippen LogP contribution in [0.4, 0.5) is 0 Å². The number of nitriles is 1. The molecular formula is C13H11N3O2. The van der Waals surface area contributed by atoms with Crippen LogP contribution in [0, 0.1) is 11.3 Å². The SMILES string of the molecule is CCOC(=O)C=Cc1n[nH]c2cc(C#N)ccc12. The van der Waals surface area contributed by atoms with E-state index in [0.29, 0.717) is 17.9 Å². The first-order chi connectivity index (χ1) is 8.74. The molecule has 0 amide bonds. The minimum atomic E-state index is -0.401. The van der Waals surface area contributed by atoms with Crippen molar-refractivity contribution in [2.24, 2.45) is 0 Å². The van der Waals surface area contributed by atoms with Crippen molar-refractivity contribution < 1.29 is 9.53 Å². The molecule has 2 rings (SSSR count). The largest absolute Gasteiger partial charge is 0.463 e. The van der Waals surface area contributed by atoms with Gasteiger partial charge in [-0.25, -0.2) is 4.79 Å². The summed E-state index contributed by atoms with van der Waals surface area (Å²) in [6.07, 6.45) is 2.92. The second-order valence-electron chi connectivity index (χ2n) is 3.57. The van der Waals surface area contributed by atoms with Gasteiger partial charge in [0.25, 0.3) is 0 Å². The Kier molecular flexibility index (Phi) is 3.39. The number of carbonyl (C=O) groups is 1. The highest BCUT2D eigenvalue weighted by Gasteiger charge is 2.04. The second kappa shape index (κ2) is 5.15. The molecule has 5 heteroatoms. The van der Waals surface area contributed by atoms with Crippen LogP contribution in [0.25, 0.3) is 17.0 Å². The molecule has 0 atom stereocenters. The fraction of sp³-hybridized carbons (Fsp3) is 0.154. The number of carbonyl (C=O) groups excluding carboxylic acids is 1. The Labute approximate surface area is 104 Å². The third-order valence-corrected chi connectivity index (χ3v) is 2.39. The lowest BCUT2D eigenvalue weighted by atomic mass is 10.1. The molecular weight excluding hydrogens is 230 g/mol. The van der Waals surface area contributed by atoms with E-state index in [1.165, 1.54) is 6.08 Å². The molecule has 0 spiro atoms. The number of aromatic amines is 1. The topological polar surface area (TPSA) is 78.8 Å². The van der Waals surface area contributed by atoms with Crippen LogP contribution in [0.2, 0.25) is 0 Å². The molecule has 0 unspecified atom stereocenters. The molecule has 1 heterocycles. The first-order valence-electron chi connectivity index (χ1n) is 5.47. The predicted octanol–water partition coefficient (Wildman–Crippen LogP) is 2.01. The molecule has 0 aliphatic rings. The molecule has 0 aliphatic heterocycles. The average molecular weight is 241 g/mol. The van der Waals surface area contributed by atoms with Crippen molar-refractivity contribution in [2.75, 3.05) is 6.61 Å². The Hall–Kier alpha value is -2.61. The molecule has 0 fully saturated rings. The maximum absolute atomic E-state index is 11.2. The molecule has 0 saturated carbocycles. The average Bonchev–Trinajstić information content (AvgIpc) is 2.78. The molecule has 18 heavy (non-hydrogen) atoms. The molecule has 0 aliphatic carbocycles. The Morgan fingerprint density at radius 1 is 1.61 bits per heavy atom. The van der Waals surface area contributed by atoms with Gasteiger partial charge in [-0.3, -0.25) is 5.10 Å². The second-order valence-corrected chi connectivity index (χ2v) is 3.57. The third-order valence-electron chi connectivity index (χ3n) is 2.39. The summed E-state index contributed by atoms with van der Waals surface area (Å²) >= 11 is 0. The van der Waals surface area contributed by atoms with E-state index in [0.717, 1.165) is 10.9 Å². The van der Waals surface area contributed by atoms with Crippen LogP contribution in [0.15, 0.2) is 24.3 Å². The van der Waals surface area contributed by atoms with Gasteiger partial charge >= 0.3 is 5.97 Å². The van der Waals surface area contributed by atoms with Crippen LogP contribution in [-0.4, -0.2) is 22.8 Å². The van der Waals surface area contributed by atoms with Gasteiger partial charge in [-0.05, 0) is 31.2 Å². The zero-order valence-electron chi connectivity index (χ0n) is 9.80. The van der Waals surface area contributed by atoms with E-state index in [9.17, 15) is 4.79 Å². The van der Waals surface area contributed by atoms with Gasteiger partial charge in [-0.2, -0.15) is 10.4 Å². The molecule has 90 valence electrons. The molecule has 0 saturated heterocycles. The Balaban J connectivity index is 2.30. The van der Waals surface area contributed by atoms with Gasteiger partial charge in [0.05, 0.1) is 29.5 Å². The lowest BCUT2D eigenvalue weighted by Gasteiger charge is -1.94. The van der Waals surface area contributed by atoms with Crippen LogP contribution in [0.3, 0.4) is 0 Å². The molecule has 0 radical (unpaired) electrons. The molecule has 0 bridgehead atoms. The van der Waals surface area contributed by atoms with Crippen molar-refractivity contribution >= 4 is 22.9 Å². The lowest BCUT2D eigenvalue weighted by molar-refractivity contribution is -0.137. The van der Waals surface area contributed by atoms with E-state index >= 15 is 0 Å². The molecule has 1 N–H and O–H groups in total. The fourth-order valence-electron chi connectivity index (χ4n) is 1.57. The number of hydrogen-bond donors (Lipinski definition) is 1. The standard InChI is InChI=1S/C13H11N3O2/c1-2-18-13(17)6-5-11-10-4-3-9(8-14)7-12(10)16-15-11/h3-7H,2H2,1H3,(H,15,16). The van der Waals surface area contributed by atoms with Crippen LogP contribution in [0.5, 0.6) is 0 Å². The van der Waals surface area contributed by atoms with E-state index in [1.54, 1.807) is 31.2 Å². The van der Waals surface area contributed by atoms with Gasteiger partial charge in [0.2, 0.25) is 0 Å². The molecule has 2 aromatic rings. The van der Waals surface area contributed by atoms with Crippen molar-refractivity contribution in [2.45, 2.75) is 6.92 Å². The summed E-state index contributed by atoms with van der Waals surface area (Å²) in [5, 5.41) is 16.5. The summed E-state index contributed by atoms with van der Waals surface area (Å²) in [7, 11) is 0. The number of aromatic nitrogens is 2. The van der Waals surface area contributed by atoms with E-state index in [4.69, 9.17) is 10.00 Å². The fourth-order valence-corrected chi connectivity index (χ4v) is 1.57. The van der Waals surface area contributed by atoms with Crippen molar-refractivity contribution in [3.63, 3.8) is 0 Å². The van der Waals surface area contributed by atoms with Crippen molar-refractivity contribution in [1.82, 2.24) is 10.2 Å². The molecule has 5 nitrogen and oxygen atoms in total. The van der Waals surface area contributed by atoms with Crippen LogP contribution in [-0.2, 0) is 9.53 Å². The summed E-state index contributed by atoms with van der Waals surface area (Å²) in [5.74, 6) is -0.401. The summed E-state index contributed by atoms with van der Waals surface area (Å²) in [6, 6.07) is 7.27. The van der Waals surface area contributed by atoms with Crippen molar-refractivity contribution in [3.8, 4) is 6.07 Å². The van der Waals surface area contributed by atoms with Crippen LogP contribution in [0.1, 0.15) is 18.2 Å². The van der Waals surface area contributed by atoms with E-state index in [-0.39, 0.29) is 0 Å². The van der Waals surface area contributed by atoms with Crippen molar-refractivity contribution in [1.29, 1.82) is 5.26 Å². The highest BCUT2D eigenvalue weighted by atomic mass is 16.5.